The number of nitrogens with one attached hydrogen (secondary N) is 2. The summed E-state index contributed by atoms with van der Waals surface area (Å²) < 4.78 is 10.5. The molecule has 1 atom stereocenters. The Morgan fingerprint density at radius 2 is 1.83 bits per heavy atom. The molecule has 0 spiro atoms. The highest BCUT2D eigenvalue weighted by Crippen LogP contribution is 2.26. The zero-order valence-corrected chi connectivity index (χ0v) is 20.7. The third-order valence-electron chi connectivity index (χ3n) is 4.10. The average molecular weight is 534 g/mol. The third kappa shape index (κ3) is 7.98. The summed E-state index contributed by atoms with van der Waals surface area (Å²) in [6.07, 6.45) is -0.736. The van der Waals surface area contributed by atoms with Crippen LogP contribution in [0.3, 0.4) is 0 Å². The van der Waals surface area contributed by atoms with Gasteiger partial charge in [0.1, 0.15) is 16.5 Å². The second-order valence-electron chi connectivity index (χ2n) is 6.56. The minimum atomic E-state index is -0.736. The van der Waals surface area contributed by atoms with E-state index in [1.165, 1.54) is 0 Å². The van der Waals surface area contributed by atoms with Gasteiger partial charge in [-0.2, -0.15) is 0 Å². The van der Waals surface area contributed by atoms with Crippen molar-refractivity contribution in [3.8, 4) is 11.5 Å². The summed E-state index contributed by atoms with van der Waals surface area (Å²) in [6.45, 7) is 7.78. The fraction of sp³-hybridized carbons (Fsp3) is 0.500. The lowest BCUT2D eigenvalue weighted by Gasteiger charge is -2.17. The number of benzene rings is 1. The molecule has 0 aliphatic rings. The van der Waals surface area contributed by atoms with Crippen LogP contribution in [0, 0.1) is 0 Å². The van der Waals surface area contributed by atoms with Crippen molar-refractivity contribution in [1.29, 1.82) is 0 Å². The molecule has 2 aromatic rings. The van der Waals surface area contributed by atoms with Gasteiger partial charge in [-0.3, -0.25) is 0 Å². The molecule has 0 radical (unpaired) electrons. The fourth-order valence-electron chi connectivity index (χ4n) is 2.48. The summed E-state index contributed by atoms with van der Waals surface area (Å²) in [5.41, 5.74) is 1.80. The molecule has 9 heteroatoms. The van der Waals surface area contributed by atoms with Crippen molar-refractivity contribution in [3.05, 3.63) is 39.8 Å². The number of thiazole rings is 1. The van der Waals surface area contributed by atoms with Crippen molar-refractivity contribution in [2.75, 3.05) is 27.3 Å². The second-order valence-corrected chi connectivity index (χ2v) is 7.50. The van der Waals surface area contributed by atoms with Crippen molar-refractivity contribution < 1.29 is 14.6 Å². The van der Waals surface area contributed by atoms with Gasteiger partial charge in [-0.1, -0.05) is 13.8 Å². The zero-order chi connectivity index (χ0) is 20.5. The van der Waals surface area contributed by atoms with Crippen molar-refractivity contribution in [2.45, 2.75) is 39.3 Å². The molecule has 0 aliphatic heterocycles. The highest BCUT2D eigenvalue weighted by atomic mass is 127. The predicted molar refractivity (Wildman–Crippen MR) is 129 cm³/mol. The van der Waals surface area contributed by atoms with E-state index in [2.05, 4.69) is 39.8 Å². The molecule has 0 fully saturated rings. The van der Waals surface area contributed by atoms with Crippen LogP contribution in [-0.4, -0.2) is 43.4 Å². The van der Waals surface area contributed by atoms with Crippen LogP contribution in [0.4, 0.5) is 0 Å². The number of methoxy groups -OCH3 is 2. The predicted octanol–water partition coefficient (Wildman–Crippen LogP) is 3.69. The molecule has 2 rings (SSSR count). The van der Waals surface area contributed by atoms with Crippen LogP contribution in [0.5, 0.6) is 11.5 Å². The second kappa shape index (κ2) is 12.9. The van der Waals surface area contributed by atoms with Gasteiger partial charge in [0.2, 0.25) is 0 Å². The lowest BCUT2D eigenvalue weighted by atomic mass is 10.1. The number of aliphatic imine (C=N–C) groups is 1. The maximum absolute atomic E-state index is 10.6. The van der Waals surface area contributed by atoms with E-state index in [1.807, 2.05) is 6.92 Å². The van der Waals surface area contributed by atoms with Gasteiger partial charge in [-0.25, -0.2) is 9.98 Å². The molecule has 162 valence electrons. The summed E-state index contributed by atoms with van der Waals surface area (Å²) in [5.74, 6) is 2.32. The van der Waals surface area contributed by atoms with Gasteiger partial charge in [-0.05, 0) is 30.5 Å². The van der Waals surface area contributed by atoms with E-state index in [9.17, 15) is 5.11 Å². The van der Waals surface area contributed by atoms with Crippen molar-refractivity contribution in [2.24, 2.45) is 4.99 Å². The monoisotopic (exact) mass is 534 g/mol. The van der Waals surface area contributed by atoms with Crippen molar-refractivity contribution in [1.82, 2.24) is 15.6 Å². The highest BCUT2D eigenvalue weighted by Gasteiger charge is 2.12. The van der Waals surface area contributed by atoms with Crippen molar-refractivity contribution >= 4 is 41.3 Å². The Hall–Kier alpha value is -1.59. The van der Waals surface area contributed by atoms with Crippen LogP contribution in [-0.2, 0) is 6.54 Å². The minimum absolute atomic E-state index is 0. The number of ether oxygens (including phenoxy) is 2. The molecular weight excluding hydrogens is 503 g/mol. The molecule has 0 amide bonds. The maximum atomic E-state index is 10.6. The number of hydrogen-bond acceptors (Lipinski definition) is 6. The van der Waals surface area contributed by atoms with E-state index in [0.29, 0.717) is 42.0 Å². The summed E-state index contributed by atoms with van der Waals surface area (Å²) in [6, 6.07) is 5.36. The maximum Gasteiger partial charge on any atom is 0.191 e. The van der Waals surface area contributed by atoms with Gasteiger partial charge < -0.3 is 25.2 Å². The number of hydrogen-bond donors (Lipinski definition) is 3. The molecule has 0 aliphatic carbocycles. The molecule has 1 aromatic heterocycles. The van der Waals surface area contributed by atoms with E-state index in [-0.39, 0.29) is 24.0 Å². The van der Waals surface area contributed by atoms with E-state index in [4.69, 9.17) is 9.47 Å². The SMILES string of the molecule is CCNC(=NCc1nc(C(C)C)cs1)NCC(O)c1cc(OC)cc(OC)c1.I. The Balaban J connectivity index is 0.00000420. The molecule has 0 bridgehead atoms. The Morgan fingerprint density at radius 1 is 1.17 bits per heavy atom. The largest absolute Gasteiger partial charge is 0.497 e. The third-order valence-corrected chi connectivity index (χ3v) is 4.95. The number of aliphatic hydroxyl groups is 1. The summed E-state index contributed by atoms with van der Waals surface area (Å²) in [7, 11) is 3.17. The smallest absolute Gasteiger partial charge is 0.191 e. The number of rotatable bonds is 9. The molecule has 1 aromatic carbocycles. The standard InChI is InChI=1S/C20H30N4O3S.HI/c1-6-21-20(23-11-19-24-17(12-28-19)13(2)3)22-10-18(25)14-7-15(26-4)9-16(8-14)27-5;/h7-9,12-13,18,25H,6,10-11H2,1-5H3,(H2,21,22,23);1H. The van der Waals surface area contributed by atoms with Crippen molar-refractivity contribution in [3.63, 3.8) is 0 Å². The summed E-state index contributed by atoms with van der Waals surface area (Å²) in [4.78, 5) is 9.17. The van der Waals surface area contributed by atoms with Gasteiger partial charge in [-0.15, -0.1) is 35.3 Å². The quantitative estimate of drug-likeness (QED) is 0.259. The molecule has 0 saturated carbocycles. The number of guanidine groups is 1. The van der Waals surface area contributed by atoms with Crippen LogP contribution < -0.4 is 20.1 Å². The first-order valence-corrected chi connectivity index (χ1v) is 10.2. The van der Waals surface area contributed by atoms with Gasteiger partial charge in [0, 0.05) is 24.5 Å². The number of aromatic nitrogens is 1. The Bertz CT molecular complexity index is 761. The van der Waals surface area contributed by atoms with Gasteiger partial charge in [0.05, 0.1) is 32.6 Å². The highest BCUT2D eigenvalue weighted by molar-refractivity contribution is 14.0. The molecule has 3 N–H and O–H groups in total. The molecule has 0 saturated heterocycles. The minimum Gasteiger partial charge on any atom is -0.497 e. The van der Waals surface area contributed by atoms with E-state index in [1.54, 1.807) is 43.8 Å². The molecule has 1 unspecified atom stereocenters. The average Bonchev–Trinajstić information content (AvgIpc) is 3.18. The normalized spacial score (nSPS) is 12.3. The first-order chi connectivity index (χ1) is 13.5. The topological polar surface area (TPSA) is 88.0 Å². The lowest BCUT2D eigenvalue weighted by Crippen LogP contribution is -2.39. The molecule has 1 heterocycles. The van der Waals surface area contributed by atoms with E-state index < -0.39 is 6.10 Å². The van der Waals surface area contributed by atoms with Gasteiger partial charge in [0.25, 0.3) is 0 Å². The Kier molecular flexibility index (Phi) is 11.3. The lowest BCUT2D eigenvalue weighted by molar-refractivity contribution is 0.180. The molecule has 29 heavy (non-hydrogen) atoms. The van der Waals surface area contributed by atoms with Gasteiger partial charge >= 0.3 is 0 Å². The number of halogens is 1. The number of aliphatic hydroxyl groups excluding tert-OH is 1. The van der Waals surface area contributed by atoms with Crippen LogP contribution in [0.2, 0.25) is 0 Å². The zero-order valence-electron chi connectivity index (χ0n) is 17.6. The summed E-state index contributed by atoms with van der Waals surface area (Å²) in [5, 5.41) is 20.0. The molecular formula is C20H31IN4O3S. The van der Waals surface area contributed by atoms with Gasteiger partial charge in [0.15, 0.2) is 5.96 Å². The van der Waals surface area contributed by atoms with Crippen LogP contribution in [0.1, 0.15) is 49.1 Å². The summed E-state index contributed by atoms with van der Waals surface area (Å²) >= 11 is 1.62. The first kappa shape index (κ1) is 25.4. The Labute approximate surface area is 194 Å². The van der Waals surface area contributed by atoms with Crippen LogP contribution in [0.15, 0.2) is 28.6 Å². The fourth-order valence-corrected chi connectivity index (χ4v) is 3.36. The first-order valence-electron chi connectivity index (χ1n) is 9.34. The van der Waals surface area contributed by atoms with Crippen LogP contribution >= 0.6 is 35.3 Å². The van der Waals surface area contributed by atoms with Crippen LogP contribution in [0.25, 0.3) is 0 Å². The van der Waals surface area contributed by atoms with E-state index in [0.717, 1.165) is 17.2 Å². The Morgan fingerprint density at radius 3 is 2.34 bits per heavy atom. The van der Waals surface area contributed by atoms with E-state index >= 15 is 0 Å². The number of nitrogens with zero attached hydrogens (tertiary/aromatic N) is 2. The molecule has 7 nitrogen and oxygen atoms in total.